The number of aromatic nitrogens is 2. The number of carbonyl (C=O) groups excluding carboxylic acids is 1. The lowest BCUT2D eigenvalue weighted by Gasteiger charge is -2.19. The molecule has 144 valence electrons. The van der Waals surface area contributed by atoms with Crippen LogP contribution in [0.4, 0.5) is 16.3 Å². The van der Waals surface area contributed by atoms with Crippen molar-refractivity contribution in [3.05, 3.63) is 36.7 Å². The molecule has 1 saturated heterocycles. The number of carbonyl (C=O) groups is 1. The Morgan fingerprint density at radius 2 is 2.15 bits per heavy atom. The fourth-order valence-electron chi connectivity index (χ4n) is 2.84. The van der Waals surface area contributed by atoms with Crippen LogP contribution in [0.3, 0.4) is 0 Å². The van der Waals surface area contributed by atoms with E-state index in [2.05, 4.69) is 15.3 Å². The summed E-state index contributed by atoms with van der Waals surface area (Å²) < 4.78 is 11.5. The normalized spacial score (nSPS) is 16.1. The van der Waals surface area contributed by atoms with Gasteiger partial charge in [0.25, 0.3) is 0 Å². The zero-order valence-corrected chi connectivity index (χ0v) is 15.9. The number of amides is 2. The van der Waals surface area contributed by atoms with Crippen LogP contribution in [0.2, 0.25) is 0 Å². The maximum atomic E-state index is 12.6. The second-order valence-electron chi connectivity index (χ2n) is 6.44. The van der Waals surface area contributed by atoms with Crippen molar-refractivity contribution in [2.45, 2.75) is 19.4 Å². The van der Waals surface area contributed by atoms with Gasteiger partial charge in [-0.2, -0.15) is 4.98 Å². The lowest BCUT2D eigenvalue weighted by atomic mass is 10.3. The molecule has 2 amide bonds. The molecule has 1 fully saturated rings. The molecule has 1 aromatic carbocycles. The first-order valence-electron chi connectivity index (χ1n) is 9.00. The van der Waals surface area contributed by atoms with E-state index in [1.807, 2.05) is 50.2 Å². The number of hydrogen-bond acceptors (Lipinski definition) is 6. The highest BCUT2D eigenvalue weighted by Gasteiger charge is 2.28. The van der Waals surface area contributed by atoms with E-state index in [0.717, 1.165) is 12.2 Å². The predicted molar refractivity (Wildman–Crippen MR) is 104 cm³/mol. The largest absolute Gasteiger partial charge is 0.492 e. The van der Waals surface area contributed by atoms with Gasteiger partial charge in [-0.15, -0.1) is 0 Å². The number of likely N-dealkylation sites (tertiary alicyclic amines) is 1. The number of urea groups is 1. The number of nitrogens with one attached hydrogen (secondary N) is 1. The zero-order valence-electron chi connectivity index (χ0n) is 15.9. The van der Waals surface area contributed by atoms with Crippen LogP contribution in [0.5, 0.6) is 11.6 Å². The van der Waals surface area contributed by atoms with Gasteiger partial charge >= 0.3 is 6.03 Å². The quantitative estimate of drug-likeness (QED) is 0.841. The van der Waals surface area contributed by atoms with Gasteiger partial charge in [0.15, 0.2) is 5.82 Å². The van der Waals surface area contributed by atoms with Gasteiger partial charge in [0.1, 0.15) is 11.9 Å². The predicted octanol–water partition coefficient (Wildman–Crippen LogP) is 2.63. The van der Waals surface area contributed by atoms with E-state index in [1.54, 1.807) is 17.3 Å². The molecule has 1 aromatic heterocycles. The maximum Gasteiger partial charge on any atom is 0.322 e. The molecule has 8 heteroatoms. The molecule has 3 rings (SSSR count). The third-order valence-corrected chi connectivity index (χ3v) is 4.21. The van der Waals surface area contributed by atoms with Gasteiger partial charge in [-0.25, -0.2) is 4.79 Å². The number of hydrogen-bond donors (Lipinski definition) is 1. The number of benzene rings is 1. The number of ether oxygens (including phenoxy) is 2. The Hall–Kier alpha value is -3.03. The van der Waals surface area contributed by atoms with Crippen molar-refractivity contribution in [3.8, 4) is 11.6 Å². The van der Waals surface area contributed by atoms with Crippen LogP contribution < -0.4 is 19.7 Å². The van der Waals surface area contributed by atoms with Crippen LogP contribution >= 0.6 is 0 Å². The first-order chi connectivity index (χ1) is 13.1. The highest BCUT2D eigenvalue weighted by Crippen LogP contribution is 2.25. The van der Waals surface area contributed by atoms with Crippen molar-refractivity contribution in [2.24, 2.45) is 0 Å². The topological polar surface area (TPSA) is 79.8 Å². The van der Waals surface area contributed by atoms with Crippen molar-refractivity contribution in [2.75, 3.05) is 44.0 Å². The van der Waals surface area contributed by atoms with Crippen molar-refractivity contribution in [3.63, 3.8) is 0 Å². The van der Waals surface area contributed by atoms with Crippen LogP contribution in [0, 0.1) is 0 Å². The first kappa shape index (κ1) is 18.8. The Balaban J connectivity index is 1.58. The van der Waals surface area contributed by atoms with Crippen molar-refractivity contribution >= 4 is 17.5 Å². The summed E-state index contributed by atoms with van der Waals surface area (Å²) in [6.07, 6.45) is 3.91. The molecule has 0 aliphatic carbocycles. The van der Waals surface area contributed by atoms with E-state index in [4.69, 9.17) is 9.47 Å². The lowest BCUT2D eigenvalue weighted by Crippen LogP contribution is -2.34. The molecule has 2 heterocycles. The molecule has 8 nitrogen and oxygen atoms in total. The van der Waals surface area contributed by atoms with Crippen LogP contribution in [0.15, 0.2) is 36.7 Å². The zero-order chi connectivity index (χ0) is 19.2. The van der Waals surface area contributed by atoms with Gasteiger partial charge in [0, 0.05) is 27.1 Å². The van der Waals surface area contributed by atoms with Gasteiger partial charge < -0.3 is 24.6 Å². The van der Waals surface area contributed by atoms with Crippen LogP contribution in [-0.2, 0) is 0 Å². The third-order valence-electron chi connectivity index (χ3n) is 4.21. The molecule has 1 atom stereocenters. The standard InChI is InChI=1S/C19H25N5O3/c1-4-26-16-8-6-5-7-15(16)21-19(25)24-10-9-14(13-24)27-18-12-20-11-17(22-18)23(2)3/h5-8,11-12,14H,4,9-10,13H2,1-3H3,(H,21,25). The Bertz CT molecular complexity index is 783. The van der Waals surface area contributed by atoms with Gasteiger partial charge in [-0.1, -0.05) is 12.1 Å². The van der Waals surface area contributed by atoms with E-state index >= 15 is 0 Å². The van der Waals surface area contributed by atoms with Gasteiger partial charge in [0.2, 0.25) is 5.88 Å². The molecule has 1 unspecified atom stereocenters. The maximum absolute atomic E-state index is 12.6. The lowest BCUT2D eigenvalue weighted by molar-refractivity contribution is 0.189. The molecular formula is C19H25N5O3. The smallest absolute Gasteiger partial charge is 0.322 e. The second-order valence-corrected chi connectivity index (χ2v) is 6.44. The van der Waals surface area contributed by atoms with E-state index < -0.39 is 0 Å². The molecule has 0 radical (unpaired) electrons. The Morgan fingerprint density at radius 3 is 2.93 bits per heavy atom. The first-order valence-corrected chi connectivity index (χ1v) is 9.00. The van der Waals surface area contributed by atoms with E-state index in [9.17, 15) is 4.79 Å². The Morgan fingerprint density at radius 1 is 1.33 bits per heavy atom. The van der Waals surface area contributed by atoms with Gasteiger partial charge in [-0.3, -0.25) is 4.98 Å². The highest BCUT2D eigenvalue weighted by atomic mass is 16.5. The van der Waals surface area contributed by atoms with Gasteiger partial charge in [0.05, 0.1) is 31.2 Å². The molecule has 0 saturated carbocycles. The molecule has 1 N–H and O–H groups in total. The molecule has 2 aromatic rings. The highest BCUT2D eigenvalue weighted by molar-refractivity contribution is 5.91. The summed E-state index contributed by atoms with van der Waals surface area (Å²) in [5.41, 5.74) is 0.665. The Kier molecular flexibility index (Phi) is 5.95. The van der Waals surface area contributed by atoms with E-state index in [1.165, 1.54) is 0 Å². The van der Waals surface area contributed by atoms with Crippen molar-refractivity contribution < 1.29 is 14.3 Å². The minimum atomic E-state index is -0.165. The summed E-state index contributed by atoms with van der Waals surface area (Å²) in [5.74, 6) is 1.86. The molecule has 1 aliphatic rings. The van der Waals surface area contributed by atoms with Crippen LogP contribution in [0.1, 0.15) is 13.3 Å². The second kappa shape index (κ2) is 8.57. The summed E-state index contributed by atoms with van der Waals surface area (Å²) in [6.45, 7) is 3.57. The van der Waals surface area contributed by atoms with E-state index in [-0.39, 0.29) is 12.1 Å². The SMILES string of the molecule is CCOc1ccccc1NC(=O)N1CCC(Oc2cncc(N(C)C)n2)C1. The fraction of sp³-hybridized carbons (Fsp3) is 0.421. The number of nitrogens with zero attached hydrogens (tertiary/aromatic N) is 4. The summed E-state index contributed by atoms with van der Waals surface area (Å²) in [6, 6.07) is 7.25. The number of para-hydroxylation sites is 2. The van der Waals surface area contributed by atoms with Crippen LogP contribution in [-0.4, -0.2) is 60.8 Å². The molecule has 27 heavy (non-hydrogen) atoms. The average molecular weight is 371 g/mol. The summed E-state index contributed by atoms with van der Waals surface area (Å²) in [7, 11) is 3.80. The van der Waals surface area contributed by atoms with Crippen molar-refractivity contribution in [1.82, 2.24) is 14.9 Å². The summed E-state index contributed by atoms with van der Waals surface area (Å²) >= 11 is 0. The molecule has 0 bridgehead atoms. The molecule has 0 spiro atoms. The monoisotopic (exact) mass is 371 g/mol. The van der Waals surface area contributed by atoms with Crippen molar-refractivity contribution in [1.29, 1.82) is 0 Å². The van der Waals surface area contributed by atoms with Crippen LogP contribution in [0.25, 0.3) is 0 Å². The minimum Gasteiger partial charge on any atom is -0.492 e. The van der Waals surface area contributed by atoms with Gasteiger partial charge in [-0.05, 0) is 19.1 Å². The Labute approximate surface area is 159 Å². The number of anilines is 2. The summed E-state index contributed by atoms with van der Waals surface area (Å²) in [4.78, 5) is 24.7. The molecular weight excluding hydrogens is 346 g/mol. The summed E-state index contributed by atoms with van der Waals surface area (Å²) in [5, 5.41) is 2.92. The van der Waals surface area contributed by atoms with E-state index in [0.29, 0.717) is 37.0 Å². The minimum absolute atomic E-state index is 0.107. The molecule has 1 aliphatic heterocycles. The fourth-order valence-corrected chi connectivity index (χ4v) is 2.84. The number of rotatable bonds is 6. The average Bonchev–Trinajstić information content (AvgIpc) is 3.12. The third kappa shape index (κ3) is 4.78.